The van der Waals surface area contributed by atoms with Gasteiger partial charge in [0.2, 0.25) is 0 Å². The summed E-state index contributed by atoms with van der Waals surface area (Å²) >= 11 is 0. The molecule has 0 unspecified atom stereocenters. The first-order chi connectivity index (χ1) is 17.5. The van der Waals surface area contributed by atoms with Gasteiger partial charge in [0, 0.05) is 31.5 Å². The van der Waals surface area contributed by atoms with Gasteiger partial charge in [0.1, 0.15) is 12.0 Å². The molecular formula is C23H23F2N5O6S. The molecule has 0 aliphatic carbocycles. The summed E-state index contributed by atoms with van der Waals surface area (Å²) < 4.78 is 71.6. The first kappa shape index (κ1) is 26.0. The maximum atomic E-state index is 15.4. The van der Waals surface area contributed by atoms with Gasteiger partial charge in [-0.05, 0) is 18.2 Å². The molecule has 0 amide bonds. The molecule has 14 heteroatoms. The lowest BCUT2D eigenvalue weighted by Crippen LogP contribution is -2.26. The van der Waals surface area contributed by atoms with Crippen LogP contribution in [0.1, 0.15) is 0 Å². The van der Waals surface area contributed by atoms with Crippen molar-refractivity contribution in [3.63, 3.8) is 0 Å². The van der Waals surface area contributed by atoms with Crippen molar-refractivity contribution in [3.8, 4) is 17.2 Å². The van der Waals surface area contributed by atoms with E-state index in [1.807, 2.05) is 0 Å². The van der Waals surface area contributed by atoms with Crippen molar-refractivity contribution < 1.29 is 30.9 Å². The van der Waals surface area contributed by atoms with Gasteiger partial charge in [-0.1, -0.05) is 0 Å². The Kier molecular flexibility index (Phi) is 7.14. The lowest BCUT2D eigenvalue weighted by molar-refractivity contribution is 0.328. The third kappa shape index (κ3) is 5.24. The van der Waals surface area contributed by atoms with Gasteiger partial charge < -0.3 is 14.4 Å². The molecule has 4 aromatic rings. The molecule has 0 bridgehead atoms. The first-order valence-electron chi connectivity index (χ1n) is 10.8. The minimum Gasteiger partial charge on any atom is -0.493 e. The highest BCUT2D eigenvalue weighted by atomic mass is 32.2. The standard InChI is InChI=1S/C23H23F2N5O6S/c1-28-12-15(11-27-28)30-13-26-17-6-5-14(9-16(17)23(30)31)29(7-8-36-37(4,32)33)22-20(24)18(34-2)10-19(35-3)21(22)25/h5-6,9-13H,7-8H2,1-4H3. The monoisotopic (exact) mass is 535 g/mol. The highest BCUT2D eigenvalue weighted by molar-refractivity contribution is 7.85. The molecule has 11 nitrogen and oxygen atoms in total. The van der Waals surface area contributed by atoms with Crippen LogP contribution in [0.25, 0.3) is 16.6 Å². The molecule has 0 saturated heterocycles. The molecule has 2 aromatic heterocycles. The van der Waals surface area contributed by atoms with E-state index in [0.29, 0.717) is 11.2 Å². The Balaban J connectivity index is 1.91. The second-order valence-electron chi connectivity index (χ2n) is 7.93. The fourth-order valence-corrected chi connectivity index (χ4v) is 4.13. The minimum atomic E-state index is -3.84. The minimum absolute atomic E-state index is 0.147. The van der Waals surface area contributed by atoms with Gasteiger partial charge in [0.15, 0.2) is 23.1 Å². The number of hydrogen-bond acceptors (Lipinski definition) is 9. The van der Waals surface area contributed by atoms with Crippen LogP contribution in [-0.4, -0.2) is 61.4 Å². The van der Waals surface area contributed by atoms with E-state index in [0.717, 1.165) is 17.2 Å². The number of hydrogen-bond donors (Lipinski definition) is 0. The van der Waals surface area contributed by atoms with Crippen LogP contribution in [-0.2, 0) is 21.3 Å². The normalized spacial score (nSPS) is 11.6. The molecule has 4 rings (SSSR count). The average Bonchev–Trinajstić information content (AvgIpc) is 3.28. The SMILES string of the molecule is COc1cc(OC)c(F)c(N(CCOS(C)(=O)=O)c2ccc3ncn(-c4cnn(C)c4)c(=O)c3c2)c1F. The molecule has 2 aromatic carbocycles. The molecule has 0 saturated carbocycles. The van der Waals surface area contributed by atoms with Gasteiger partial charge in [-0.2, -0.15) is 13.5 Å². The third-order valence-corrected chi connectivity index (χ3v) is 6.05. The van der Waals surface area contributed by atoms with Gasteiger partial charge in [0.05, 0.1) is 49.9 Å². The fourth-order valence-electron chi connectivity index (χ4n) is 3.75. The summed E-state index contributed by atoms with van der Waals surface area (Å²) in [6.45, 7) is -0.748. The Morgan fingerprint density at radius 3 is 2.32 bits per heavy atom. The quantitative estimate of drug-likeness (QED) is 0.298. The number of halogens is 2. The molecule has 0 fully saturated rings. The Morgan fingerprint density at radius 1 is 1.08 bits per heavy atom. The smallest absolute Gasteiger partial charge is 0.265 e. The van der Waals surface area contributed by atoms with Crippen molar-refractivity contribution in [2.24, 2.45) is 7.05 Å². The summed E-state index contributed by atoms with van der Waals surface area (Å²) in [4.78, 5) is 18.7. The van der Waals surface area contributed by atoms with Crippen LogP contribution in [0.4, 0.5) is 20.2 Å². The number of aromatic nitrogens is 4. The third-order valence-electron chi connectivity index (χ3n) is 5.46. The van der Waals surface area contributed by atoms with Gasteiger partial charge in [0.25, 0.3) is 15.7 Å². The molecule has 0 atom stereocenters. The highest BCUT2D eigenvalue weighted by Crippen LogP contribution is 2.40. The molecular weight excluding hydrogens is 512 g/mol. The topological polar surface area (TPSA) is 118 Å². The van der Waals surface area contributed by atoms with Crippen molar-refractivity contribution in [2.45, 2.75) is 0 Å². The van der Waals surface area contributed by atoms with Crippen LogP contribution in [0.3, 0.4) is 0 Å². The molecule has 0 spiro atoms. The highest BCUT2D eigenvalue weighted by Gasteiger charge is 2.27. The summed E-state index contributed by atoms with van der Waals surface area (Å²) in [6, 6.07) is 5.46. The Morgan fingerprint density at radius 2 is 1.76 bits per heavy atom. The second kappa shape index (κ2) is 10.1. The fraction of sp³-hybridized carbons (Fsp3) is 0.261. The van der Waals surface area contributed by atoms with Crippen molar-refractivity contribution in [1.29, 1.82) is 0 Å². The van der Waals surface area contributed by atoms with Gasteiger partial charge in [-0.25, -0.2) is 13.8 Å². The van der Waals surface area contributed by atoms with E-state index >= 15 is 8.78 Å². The predicted octanol–water partition coefficient (Wildman–Crippen LogP) is 2.53. The summed E-state index contributed by atoms with van der Waals surface area (Å²) in [5.41, 5.74) is -0.0493. The van der Waals surface area contributed by atoms with E-state index in [1.165, 1.54) is 54.2 Å². The zero-order chi connectivity index (χ0) is 26.9. The number of ether oxygens (including phenoxy) is 2. The van der Waals surface area contributed by atoms with Gasteiger partial charge in [-0.15, -0.1) is 0 Å². The van der Waals surface area contributed by atoms with Gasteiger partial charge in [-0.3, -0.25) is 18.2 Å². The van der Waals surface area contributed by atoms with Crippen LogP contribution >= 0.6 is 0 Å². The summed E-state index contributed by atoms with van der Waals surface area (Å²) in [5, 5.41) is 4.20. The molecule has 0 aliphatic rings. The van der Waals surface area contributed by atoms with E-state index in [2.05, 4.69) is 10.1 Å². The molecule has 0 radical (unpaired) electrons. The zero-order valence-corrected chi connectivity index (χ0v) is 21.1. The number of benzene rings is 2. The van der Waals surface area contributed by atoms with Crippen molar-refractivity contribution in [1.82, 2.24) is 19.3 Å². The van der Waals surface area contributed by atoms with E-state index < -0.39 is 39.6 Å². The van der Waals surface area contributed by atoms with E-state index in [9.17, 15) is 13.2 Å². The zero-order valence-electron chi connectivity index (χ0n) is 20.3. The maximum absolute atomic E-state index is 15.4. The number of methoxy groups -OCH3 is 2. The lowest BCUT2D eigenvalue weighted by atomic mass is 10.1. The second-order valence-corrected chi connectivity index (χ2v) is 9.57. The summed E-state index contributed by atoms with van der Waals surface area (Å²) in [7, 11) is 0.272. The number of aryl methyl sites for hydroxylation is 1. The van der Waals surface area contributed by atoms with E-state index in [4.69, 9.17) is 13.7 Å². The summed E-state index contributed by atoms with van der Waals surface area (Å²) in [6.07, 6.45) is 5.32. The molecule has 0 aliphatic heterocycles. The molecule has 37 heavy (non-hydrogen) atoms. The molecule has 0 N–H and O–H groups in total. The van der Waals surface area contributed by atoms with Crippen LogP contribution in [0.5, 0.6) is 11.5 Å². The number of fused-ring (bicyclic) bond motifs is 1. The maximum Gasteiger partial charge on any atom is 0.265 e. The van der Waals surface area contributed by atoms with E-state index in [-0.39, 0.29) is 29.1 Å². The largest absolute Gasteiger partial charge is 0.493 e. The van der Waals surface area contributed by atoms with Crippen molar-refractivity contribution in [3.05, 3.63) is 65.0 Å². The number of rotatable bonds is 9. The predicted molar refractivity (Wildman–Crippen MR) is 131 cm³/mol. The summed E-state index contributed by atoms with van der Waals surface area (Å²) in [5.74, 6) is -2.72. The average molecular weight is 536 g/mol. The number of anilines is 2. The van der Waals surface area contributed by atoms with E-state index in [1.54, 1.807) is 13.2 Å². The Hall–Kier alpha value is -4.04. The number of nitrogens with zero attached hydrogens (tertiary/aromatic N) is 5. The Labute approximate surface area is 210 Å². The van der Waals surface area contributed by atoms with Crippen LogP contribution in [0, 0.1) is 11.6 Å². The Bertz CT molecular complexity index is 1610. The van der Waals surface area contributed by atoms with Crippen LogP contribution < -0.4 is 19.9 Å². The van der Waals surface area contributed by atoms with Crippen LogP contribution in [0.15, 0.2) is 47.8 Å². The van der Waals surface area contributed by atoms with Gasteiger partial charge >= 0.3 is 0 Å². The lowest BCUT2D eigenvalue weighted by Gasteiger charge is -2.27. The van der Waals surface area contributed by atoms with Crippen molar-refractivity contribution in [2.75, 3.05) is 38.5 Å². The van der Waals surface area contributed by atoms with Crippen molar-refractivity contribution >= 4 is 32.4 Å². The van der Waals surface area contributed by atoms with Crippen LogP contribution in [0.2, 0.25) is 0 Å². The first-order valence-corrected chi connectivity index (χ1v) is 12.6. The molecule has 196 valence electrons. The molecule has 2 heterocycles.